The van der Waals surface area contributed by atoms with Gasteiger partial charge in [0, 0.05) is 0 Å². The van der Waals surface area contributed by atoms with Gasteiger partial charge in [-0.05, 0) is 18.3 Å². The number of hydrogen-bond acceptors (Lipinski definition) is 2. The molecule has 0 aromatic carbocycles. The van der Waals surface area contributed by atoms with E-state index in [1.54, 1.807) is 20.8 Å². The lowest BCUT2D eigenvalue weighted by molar-refractivity contribution is -0.171. The molecular weight excluding hydrogens is 221 g/mol. The fourth-order valence-corrected chi connectivity index (χ4v) is 1.31. The molecule has 0 heterocycles. The Morgan fingerprint density at radius 1 is 1.31 bits per heavy atom. The minimum atomic E-state index is -4.39. The number of nitrogens with one attached hydrogen (secondary N) is 1. The van der Waals surface area contributed by atoms with E-state index < -0.39 is 29.1 Å². The molecule has 1 aliphatic rings. The van der Waals surface area contributed by atoms with Gasteiger partial charge in [0.1, 0.15) is 5.54 Å². The standard InChI is InChI=1S/C10H17F3N2O/c1-8(2,3)6(14)7(16)15-9(4-5-9)10(11,12)13/h6H,4-5,14H2,1-3H3,(H,15,16). The third-order valence-electron chi connectivity index (χ3n) is 2.87. The van der Waals surface area contributed by atoms with E-state index in [2.05, 4.69) is 0 Å². The Bertz CT molecular complexity index is 289. The third-order valence-corrected chi connectivity index (χ3v) is 2.87. The average Bonchev–Trinajstić information content (AvgIpc) is 2.81. The lowest BCUT2D eigenvalue weighted by atomic mass is 9.86. The van der Waals surface area contributed by atoms with E-state index in [1.807, 2.05) is 5.32 Å². The molecule has 16 heavy (non-hydrogen) atoms. The molecule has 1 atom stereocenters. The van der Waals surface area contributed by atoms with Crippen molar-refractivity contribution < 1.29 is 18.0 Å². The van der Waals surface area contributed by atoms with E-state index in [0.29, 0.717) is 0 Å². The molecule has 1 rings (SSSR count). The molecule has 1 aliphatic carbocycles. The summed E-state index contributed by atoms with van der Waals surface area (Å²) >= 11 is 0. The van der Waals surface area contributed by atoms with Gasteiger partial charge in [-0.3, -0.25) is 4.79 Å². The summed E-state index contributed by atoms with van der Waals surface area (Å²) in [5.74, 6) is -0.734. The predicted molar refractivity (Wildman–Crippen MR) is 53.6 cm³/mol. The van der Waals surface area contributed by atoms with E-state index in [4.69, 9.17) is 5.73 Å². The molecule has 1 saturated carbocycles. The highest BCUT2D eigenvalue weighted by Crippen LogP contribution is 2.49. The molecular formula is C10H17F3N2O. The Morgan fingerprint density at radius 3 is 2.00 bits per heavy atom. The largest absolute Gasteiger partial charge is 0.411 e. The average molecular weight is 238 g/mol. The van der Waals surface area contributed by atoms with Crippen molar-refractivity contribution in [3.8, 4) is 0 Å². The fourth-order valence-electron chi connectivity index (χ4n) is 1.31. The SMILES string of the molecule is CC(C)(C)C(N)C(=O)NC1(C(F)(F)F)CC1. The van der Waals surface area contributed by atoms with Gasteiger partial charge >= 0.3 is 6.18 Å². The van der Waals surface area contributed by atoms with Gasteiger partial charge in [-0.2, -0.15) is 13.2 Å². The van der Waals surface area contributed by atoms with Crippen LogP contribution < -0.4 is 11.1 Å². The topological polar surface area (TPSA) is 55.1 Å². The van der Waals surface area contributed by atoms with Crippen LogP contribution in [0.5, 0.6) is 0 Å². The second kappa shape index (κ2) is 3.61. The van der Waals surface area contributed by atoms with Crippen LogP contribution >= 0.6 is 0 Å². The Hall–Kier alpha value is -0.780. The maximum absolute atomic E-state index is 12.6. The Morgan fingerprint density at radius 2 is 1.75 bits per heavy atom. The van der Waals surface area contributed by atoms with Crippen LogP contribution in [-0.4, -0.2) is 23.7 Å². The van der Waals surface area contributed by atoms with Crippen LogP contribution in [0.4, 0.5) is 13.2 Å². The molecule has 0 bridgehead atoms. The Labute approximate surface area is 92.6 Å². The summed E-state index contributed by atoms with van der Waals surface area (Å²) in [6.07, 6.45) is -4.50. The van der Waals surface area contributed by atoms with Crippen molar-refractivity contribution in [2.45, 2.75) is 51.4 Å². The second-order valence-electron chi connectivity index (χ2n) is 5.41. The van der Waals surface area contributed by atoms with Crippen molar-refractivity contribution in [1.82, 2.24) is 5.32 Å². The van der Waals surface area contributed by atoms with Crippen LogP contribution in [0.2, 0.25) is 0 Å². The van der Waals surface area contributed by atoms with Crippen molar-refractivity contribution in [3.63, 3.8) is 0 Å². The quantitative estimate of drug-likeness (QED) is 0.767. The van der Waals surface area contributed by atoms with Gasteiger partial charge in [-0.15, -0.1) is 0 Å². The lowest BCUT2D eigenvalue weighted by Crippen LogP contribution is -2.56. The van der Waals surface area contributed by atoms with E-state index >= 15 is 0 Å². The zero-order valence-corrected chi connectivity index (χ0v) is 9.61. The van der Waals surface area contributed by atoms with Gasteiger partial charge < -0.3 is 11.1 Å². The van der Waals surface area contributed by atoms with Crippen LogP contribution in [0.25, 0.3) is 0 Å². The third kappa shape index (κ3) is 2.48. The first-order valence-corrected chi connectivity index (χ1v) is 5.14. The van der Waals surface area contributed by atoms with E-state index in [1.165, 1.54) is 0 Å². The van der Waals surface area contributed by atoms with Crippen LogP contribution in [0, 0.1) is 5.41 Å². The van der Waals surface area contributed by atoms with Crippen molar-refractivity contribution in [1.29, 1.82) is 0 Å². The highest BCUT2D eigenvalue weighted by atomic mass is 19.4. The number of carbonyl (C=O) groups is 1. The molecule has 0 spiro atoms. The summed E-state index contributed by atoms with van der Waals surface area (Å²) in [5.41, 5.74) is 3.02. The van der Waals surface area contributed by atoms with Crippen molar-refractivity contribution in [3.05, 3.63) is 0 Å². The molecule has 3 nitrogen and oxygen atoms in total. The number of hydrogen-bond donors (Lipinski definition) is 2. The molecule has 1 fully saturated rings. The Balaban J connectivity index is 2.67. The first kappa shape index (κ1) is 13.3. The summed E-state index contributed by atoms with van der Waals surface area (Å²) in [6, 6.07) is -0.938. The normalized spacial score (nSPS) is 21.4. The van der Waals surface area contributed by atoms with E-state index in [9.17, 15) is 18.0 Å². The van der Waals surface area contributed by atoms with E-state index in [-0.39, 0.29) is 12.8 Å². The molecule has 0 aliphatic heterocycles. The maximum atomic E-state index is 12.6. The lowest BCUT2D eigenvalue weighted by Gasteiger charge is -2.29. The molecule has 3 N–H and O–H groups in total. The first-order valence-electron chi connectivity index (χ1n) is 5.14. The predicted octanol–water partition coefficient (Wildman–Crippen LogP) is 1.57. The maximum Gasteiger partial charge on any atom is 0.411 e. The number of amides is 1. The molecule has 0 radical (unpaired) electrons. The van der Waals surface area contributed by atoms with Crippen LogP contribution in [-0.2, 0) is 4.79 Å². The van der Waals surface area contributed by atoms with Gasteiger partial charge in [-0.1, -0.05) is 20.8 Å². The van der Waals surface area contributed by atoms with Crippen LogP contribution in [0.3, 0.4) is 0 Å². The molecule has 6 heteroatoms. The zero-order chi connectivity index (χ0) is 12.8. The number of carbonyl (C=O) groups excluding carboxylic acids is 1. The highest BCUT2D eigenvalue weighted by Gasteiger charge is 2.64. The van der Waals surface area contributed by atoms with Crippen molar-refractivity contribution >= 4 is 5.91 Å². The second-order valence-corrected chi connectivity index (χ2v) is 5.41. The molecule has 0 aromatic rings. The summed E-state index contributed by atoms with van der Waals surface area (Å²) < 4.78 is 37.7. The smallest absolute Gasteiger partial charge is 0.341 e. The monoisotopic (exact) mass is 238 g/mol. The molecule has 94 valence electrons. The highest BCUT2D eigenvalue weighted by molar-refractivity contribution is 5.83. The summed E-state index contributed by atoms with van der Waals surface area (Å²) in [7, 11) is 0. The molecule has 0 aromatic heterocycles. The summed E-state index contributed by atoms with van der Waals surface area (Å²) in [5, 5.41) is 2.02. The van der Waals surface area contributed by atoms with Gasteiger partial charge in [0.15, 0.2) is 0 Å². The first-order chi connectivity index (χ1) is 7.00. The number of halogens is 3. The number of nitrogens with two attached hydrogens (primary N) is 1. The fraction of sp³-hybridized carbons (Fsp3) is 0.900. The van der Waals surface area contributed by atoms with Gasteiger partial charge in [0.2, 0.25) is 5.91 Å². The molecule has 1 unspecified atom stereocenters. The zero-order valence-electron chi connectivity index (χ0n) is 9.61. The van der Waals surface area contributed by atoms with Crippen LogP contribution in [0.1, 0.15) is 33.6 Å². The number of rotatable bonds is 2. The van der Waals surface area contributed by atoms with Gasteiger partial charge in [0.05, 0.1) is 6.04 Å². The van der Waals surface area contributed by atoms with Gasteiger partial charge in [0.25, 0.3) is 0 Å². The summed E-state index contributed by atoms with van der Waals surface area (Å²) in [4.78, 5) is 11.6. The number of alkyl halides is 3. The molecule has 1 amide bonds. The summed E-state index contributed by atoms with van der Waals surface area (Å²) in [6.45, 7) is 5.14. The van der Waals surface area contributed by atoms with E-state index in [0.717, 1.165) is 0 Å². The molecule has 0 saturated heterocycles. The van der Waals surface area contributed by atoms with Crippen LogP contribution in [0.15, 0.2) is 0 Å². The van der Waals surface area contributed by atoms with Crippen molar-refractivity contribution in [2.24, 2.45) is 11.1 Å². The minimum absolute atomic E-state index is 0.0564. The minimum Gasteiger partial charge on any atom is -0.341 e. The van der Waals surface area contributed by atoms with Crippen molar-refractivity contribution in [2.75, 3.05) is 0 Å². The Kier molecular flexibility index (Phi) is 3.00. The van der Waals surface area contributed by atoms with Gasteiger partial charge in [-0.25, -0.2) is 0 Å².